The predicted octanol–water partition coefficient (Wildman–Crippen LogP) is 1.74. The van der Waals surface area contributed by atoms with E-state index in [2.05, 4.69) is 31.8 Å². The summed E-state index contributed by atoms with van der Waals surface area (Å²) < 4.78 is 5.57. The van der Waals surface area contributed by atoms with Gasteiger partial charge in [-0.05, 0) is 13.3 Å². The number of anilines is 1. The average molecular weight is 233 g/mol. The van der Waals surface area contributed by atoms with E-state index in [-0.39, 0.29) is 0 Å². The van der Waals surface area contributed by atoms with Crippen molar-refractivity contribution in [1.29, 1.82) is 0 Å². The topological polar surface area (TPSA) is 75.7 Å². The molecule has 0 aliphatic carbocycles. The fourth-order valence-electron chi connectivity index (χ4n) is 1.39. The molecule has 0 bridgehead atoms. The summed E-state index contributed by atoms with van der Waals surface area (Å²) in [5.41, 5.74) is 1.32. The van der Waals surface area contributed by atoms with Crippen molar-refractivity contribution in [3.05, 3.63) is 19.0 Å². The molecular weight excluding hydrogens is 218 g/mol. The van der Waals surface area contributed by atoms with Crippen LogP contribution in [0, 0.1) is 0 Å². The molecule has 0 radical (unpaired) electrons. The number of aromatic nitrogens is 4. The zero-order chi connectivity index (χ0) is 12.1. The molecule has 2 aromatic heterocycles. The fraction of sp³-hybridized carbons (Fsp3) is 0.364. The lowest BCUT2D eigenvalue weighted by Gasteiger charge is -2.07. The lowest BCUT2D eigenvalue weighted by Crippen LogP contribution is -2.05. The first-order valence-corrected chi connectivity index (χ1v) is 5.53. The molecule has 90 valence electrons. The standard InChI is InChI=1S/C11H15N5O/c1-3-5-6-17-10-8-9(14-7-13-8)15-11(16-10)12-4-2/h3,7H,1,4-6H2,2H3,(H2,12,13,14,15,16). The SMILES string of the molecule is C=CCCOc1nc(NCC)nc2nc[nH]c12. The molecular formula is C11H15N5O. The van der Waals surface area contributed by atoms with Crippen LogP contribution >= 0.6 is 0 Å². The fourth-order valence-corrected chi connectivity index (χ4v) is 1.39. The number of hydrogen-bond donors (Lipinski definition) is 2. The van der Waals surface area contributed by atoms with Gasteiger partial charge in [0.2, 0.25) is 11.8 Å². The second-order valence-electron chi connectivity index (χ2n) is 3.41. The number of rotatable bonds is 6. The molecule has 0 spiro atoms. The van der Waals surface area contributed by atoms with Gasteiger partial charge in [-0.1, -0.05) is 6.08 Å². The minimum Gasteiger partial charge on any atom is -0.476 e. The molecule has 0 unspecified atom stereocenters. The van der Waals surface area contributed by atoms with Crippen LogP contribution in [-0.4, -0.2) is 33.1 Å². The Bertz CT molecular complexity index is 508. The Hall–Kier alpha value is -2.11. The van der Waals surface area contributed by atoms with Crippen LogP contribution in [0.15, 0.2) is 19.0 Å². The van der Waals surface area contributed by atoms with Crippen molar-refractivity contribution < 1.29 is 4.74 Å². The quantitative estimate of drug-likeness (QED) is 0.587. The molecule has 2 heterocycles. The van der Waals surface area contributed by atoms with E-state index < -0.39 is 0 Å². The Kier molecular flexibility index (Phi) is 3.54. The molecule has 0 saturated heterocycles. The van der Waals surface area contributed by atoms with E-state index in [4.69, 9.17) is 4.74 Å². The van der Waals surface area contributed by atoms with Crippen molar-refractivity contribution in [2.75, 3.05) is 18.5 Å². The Morgan fingerprint density at radius 1 is 1.53 bits per heavy atom. The van der Waals surface area contributed by atoms with Gasteiger partial charge in [0, 0.05) is 6.54 Å². The first kappa shape index (κ1) is 11.4. The molecule has 17 heavy (non-hydrogen) atoms. The number of nitrogens with zero attached hydrogens (tertiary/aromatic N) is 3. The van der Waals surface area contributed by atoms with E-state index in [1.54, 1.807) is 12.4 Å². The van der Waals surface area contributed by atoms with Gasteiger partial charge in [0.05, 0.1) is 12.9 Å². The number of nitrogens with one attached hydrogen (secondary N) is 2. The van der Waals surface area contributed by atoms with Gasteiger partial charge in [0.15, 0.2) is 5.65 Å². The maximum atomic E-state index is 5.57. The molecule has 0 aliphatic heterocycles. The number of fused-ring (bicyclic) bond motifs is 1. The van der Waals surface area contributed by atoms with Crippen molar-refractivity contribution in [2.24, 2.45) is 0 Å². The Balaban J connectivity index is 2.29. The third-order valence-corrected chi connectivity index (χ3v) is 2.15. The molecule has 0 aliphatic rings. The van der Waals surface area contributed by atoms with Crippen LogP contribution in [0.5, 0.6) is 5.88 Å². The Morgan fingerprint density at radius 3 is 3.18 bits per heavy atom. The predicted molar refractivity (Wildman–Crippen MR) is 66.2 cm³/mol. The van der Waals surface area contributed by atoms with Crippen LogP contribution < -0.4 is 10.1 Å². The van der Waals surface area contributed by atoms with Gasteiger partial charge in [-0.2, -0.15) is 9.97 Å². The number of aromatic amines is 1. The van der Waals surface area contributed by atoms with Gasteiger partial charge in [0.25, 0.3) is 0 Å². The summed E-state index contributed by atoms with van der Waals surface area (Å²) in [7, 11) is 0. The van der Waals surface area contributed by atoms with Crippen LogP contribution in [-0.2, 0) is 0 Å². The van der Waals surface area contributed by atoms with Gasteiger partial charge < -0.3 is 15.0 Å². The average Bonchev–Trinajstić information content (AvgIpc) is 2.78. The van der Waals surface area contributed by atoms with E-state index in [9.17, 15) is 0 Å². The highest BCUT2D eigenvalue weighted by atomic mass is 16.5. The third kappa shape index (κ3) is 2.52. The molecule has 0 saturated carbocycles. The van der Waals surface area contributed by atoms with Crippen LogP contribution in [0.1, 0.15) is 13.3 Å². The molecule has 0 amide bonds. The molecule has 6 nitrogen and oxygen atoms in total. The van der Waals surface area contributed by atoms with Crippen molar-refractivity contribution in [1.82, 2.24) is 19.9 Å². The lowest BCUT2D eigenvalue weighted by molar-refractivity contribution is 0.316. The molecule has 6 heteroatoms. The van der Waals surface area contributed by atoms with Crippen LogP contribution in [0.25, 0.3) is 11.2 Å². The molecule has 2 rings (SSSR count). The van der Waals surface area contributed by atoms with Crippen LogP contribution in [0.2, 0.25) is 0 Å². The molecule has 0 atom stereocenters. The summed E-state index contributed by atoms with van der Waals surface area (Å²) in [5.74, 6) is 1.05. The van der Waals surface area contributed by atoms with E-state index in [0.717, 1.165) is 18.5 Å². The second-order valence-corrected chi connectivity index (χ2v) is 3.41. The van der Waals surface area contributed by atoms with Gasteiger partial charge in [-0.15, -0.1) is 6.58 Å². The summed E-state index contributed by atoms with van der Waals surface area (Å²) in [4.78, 5) is 15.6. The summed E-state index contributed by atoms with van der Waals surface area (Å²) in [6.07, 6.45) is 4.15. The van der Waals surface area contributed by atoms with E-state index in [0.29, 0.717) is 24.1 Å². The van der Waals surface area contributed by atoms with Crippen LogP contribution in [0.4, 0.5) is 5.95 Å². The number of hydrogen-bond acceptors (Lipinski definition) is 5. The van der Waals surface area contributed by atoms with E-state index >= 15 is 0 Å². The minimum atomic E-state index is 0.519. The summed E-state index contributed by atoms with van der Waals surface area (Å²) >= 11 is 0. The maximum absolute atomic E-state index is 5.57. The molecule has 0 aromatic carbocycles. The monoisotopic (exact) mass is 233 g/mol. The molecule has 2 aromatic rings. The van der Waals surface area contributed by atoms with Crippen molar-refractivity contribution in [3.8, 4) is 5.88 Å². The third-order valence-electron chi connectivity index (χ3n) is 2.15. The zero-order valence-electron chi connectivity index (χ0n) is 9.73. The van der Waals surface area contributed by atoms with Crippen LogP contribution in [0.3, 0.4) is 0 Å². The highest BCUT2D eigenvalue weighted by molar-refractivity contribution is 5.76. The smallest absolute Gasteiger partial charge is 0.245 e. The van der Waals surface area contributed by atoms with Gasteiger partial charge in [-0.25, -0.2) is 4.98 Å². The summed E-state index contributed by atoms with van der Waals surface area (Å²) in [6, 6.07) is 0. The first-order valence-electron chi connectivity index (χ1n) is 5.53. The zero-order valence-corrected chi connectivity index (χ0v) is 9.73. The summed E-state index contributed by atoms with van der Waals surface area (Å²) in [6.45, 7) is 6.92. The minimum absolute atomic E-state index is 0.519. The summed E-state index contributed by atoms with van der Waals surface area (Å²) in [5, 5.41) is 3.04. The number of ether oxygens (including phenoxy) is 1. The van der Waals surface area contributed by atoms with Gasteiger partial charge in [-0.3, -0.25) is 0 Å². The maximum Gasteiger partial charge on any atom is 0.245 e. The number of imidazole rings is 1. The van der Waals surface area contributed by atoms with Gasteiger partial charge in [0.1, 0.15) is 5.52 Å². The lowest BCUT2D eigenvalue weighted by atomic mass is 10.4. The molecule has 2 N–H and O–H groups in total. The van der Waals surface area contributed by atoms with Crippen molar-refractivity contribution in [2.45, 2.75) is 13.3 Å². The van der Waals surface area contributed by atoms with Crippen molar-refractivity contribution >= 4 is 17.1 Å². The Labute approximate surface area is 99.1 Å². The largest absolute Gasteiger partial charge is 0.476 e. The highest BCUT2D eigenvalue weighted by Gasteiger charge is 2.10. The number of H-pyrrole nitrogens is 1. The van der Waals surface area contributed by atoms with E-state index in [1.165, 1.54) is 0 Å². The van der Waals surface area contributed by atoms with E-state index in [1.807, 2.05) is 6.92 Å². The normalized spacial score (nSPS) is 10.4. The highest BCUT2D eigenvalue weighted by Crippen LogP contribution is 2.20. The van der Waals surface area contributed by atoms with Crippen molar-refractivity contribution in [3.63, 3.8) is 0 Å². The second kappa shape index (κ2) is 5.29. The van der Waals surface area contributed by atoms with Gasteiger partial charge >= 0.3 is 0 Å². The molecule has 0 fully saturated rings. The Morgan fingerprint density at radius 2 is 2.41 bits per heavy atom. The first-order chi connectivity index (χ1) is 8.35.